The van der Waals surface area contributed by atoms with Crippen molar-refractivity contribution in [3.63, 3.8) is 0 Å². The van der Waals surface area contributed by atoms with Gasteiger partial charge in [-0.15, -0.1) is 0 Å². The maximum atomic E-state index is 2.36. The van der Waals surface area contributed by atoms with E-state index in [9.17, 15) is 0 Å². The lowest BCUT2D eigenvalue weighted by Crippen LogP contribution is -2.00. The van der Waals surface area contributed by atoms with Crippen LogP contribution in [0.2, 0.25) is 0 Å². The van der Waals surface area contributed by atoms with Crippen molar-refractivity contribution in [1.29, 1.82) is 0 Å². The van der Waals surface area contributed by atoms with E-state index in [1.807, 2.05) is 41.5 Å². The zero-order chi connectivity index (χ0) is 22.0. The fourth-order valence-electron chi connectivity index (χ4n) is 2.07. The van der Waals surface area contributed by atoms with Gasteiger partial charge in [-0.25, -0.2) is 0 Å². The van der Waals surface area contributed by atoms with Crippen LogP contribution in [-0.2, 0) is 0 Å². The summed E-state index contributed by atoms with van der Waals surface area (Å²) < 4.78 is 0. The van der Waals surface area contributed by atoms with Crippen molar-refractivity contribution in [3.05, 3.63) is 0 Å². The van der Waals surface area contributed by atoms with Crippen molar-refractivity contribution in [2.45, 2.75) is 163 Å². The number of hydrogen-bond acceptors (Lipinski definition) is 0. The highest BCUT2D eigenvalue weighted by Crippen LogP contribution is 2.22. The first-order valence-electron chi connectivity index (χ1n) is 12.4. The molecule has 0 spiro atoms. The van der Waals surface area contributed by atoms with Crippen molar-refractivity contribution in [2.75, 3.05) is 0 Å². The molecule has 0 heteroatoms. The second-order valence-electron chi connectivity index (χ2n) is 7.29. The van der Waals surface area contributed by atoms with Gasteiger partial charge in [0.15, 0.2) is 0 Å². The van der Waals surface area contributed by atoms with Gasteiger partial charge >= 0.3 is 0 Å². The first kappa shape index (κ1) is 46.3. The first-order valence-corrected chi connectivity index (χ1v) is 12.4. The Labute approximate surface area is 187 Å². The summed E-state index contributed by atoms with van der Waals surface area (Å²) in [6.45, 7) is 30.2. The molecule has 0 aromatic rings. The summed E-state index contributed by atoms with van der Waals surface area (Å²) in [5, 5.41) is 0. The molecule has 0 aliphatic heterocycles. The summed E-state index contributed by atoms with van der Waals surface area (Å²) in [4.78, 5) is 0. The third kappa shape index (κ3) is 50.2. The van der Waals surface area contributed by atoms with Crippen LogP contribution in [0.25, 0.3) is 0 Å². The van der Waals surface area contributed by atoms with Crippen LogP contribution in [-0.4, -0.2) is 0 Å². The van der Waals surface area contributed by atoms with Gasteiger partial charge in [0.2, 0.25) is 0 Å². The van der Waals surface area contributed by atoms with Crippen LogP contribution in [0.4, 0.5) is 0 Å². The minimum atomic E-state index is 0. The summed E-state index contributed by atoms with van der Waals surface area (Å²) in [6, 6.07) is 0. The fraction of sp³-hybridized carbons (Fsp3) is 1.00. The predicted octanol–water partition coefficient (Wildman–Crippen LogP) is 12.1. The van der Waals surface area contributed by atoms with Gasteiger partial charge in [-0.2, -0.15) is 0 Å². The van der Waals surface area contributed by atoms with Gasteiger partial charge in [0.25, 0.3) is 0 Å². The van der Waals surface area contributed by atoms with Crippen molar-refractivity contribution < 1.29 is 0 Å². The second-order valence-corrected chi connectivity index (χ2v) is 7.29. The van der Waals surface area contributed by atoms with E-state index in [-0.39, 0.29) is 14.9 Å². The smallest absolute Gasteiger partial charge is 0.0422 e. The molecule has 0 nitrogen and oxygen atoms in total. The summed E-state index contributed by atoms with van der Waals surface area (Å²) in [6.07, 6.45) is 11.4. The van der Waals surface area contributed by atoms with Crippen LogP contribution in [0.3, 0.4) is 0 Å². The van der Waals surface area contributed by atoms with Gasteiger partial charge in [0.05, 0.1) is 0 Å². The molecular weight excluding hydrogens is 336 g/mol. The molecule has 0 aromatic carbocycles. The Kier molecular flexibility index (Phi) is 75.4. The van der Waals surface area contributed by atoms with Gasteiger partial charge in [-0.3, -0.25) is 0 Å². The molecule has 28 heavy (non-hydrogen) atoms. The lowest BCUT2D eigenvalue weighted by molar-refractivity contribution is 0.385. The highest BCUT2D eigenvalue weighted by atomic mass is 14.1. The van der Waals surface area contributed by atoms with E-state index in [4.69, 9.17) is 0 Å². The van der Waals surface area contributed by atoms with E-state index in [1.165, 1.54) is 51.4 Å². The Bertz CT molecular complexity index is 161. The average molecular weight is 407 g/mol. The molecule has 1 atom stereocenters. The molecule has 0 aromatic heterocycles. The quantitative estimate of drug-likeness (QED) is 0.435. The lowest BCUT2D eigenvalue weighted by Gasteiger charge is -2.15. The molecule has 1 unspecified atom stereocenters. The Hall–Kier alpha value is 0. The summed E-state index contributed by atoms with van der Waals surface area (Å²) >= 11 is 0. The van der Waals surface area contributed by atoms with Gasteiger partial charge in [0, 0.05) is 0 Å². The molecule has 1 rings (SSSR count). The van der Waals surface area contributed by atoms with E-state index in [0.29, 0.717) is 0 Å². The molecule has 0 saturated heterocycles. The van der Waals surface area contributed by atoms with Crippen molar-refractivity contribution in [1.82, 2.24) is 0 Å². The first-order chi connectivity index (χ1) is 12.4. The predicted molar refractivity (Wildman–Crippen MR) is 144 cm³/mol. The SMILES string of the molecule is C.C.CC.CC.CC.CC1CCCCC1.CCC(C)C(C)C.CCC(C)CC. The maximum Gasteiger partial charge on any atom is -0.0422 e. The molecule has 0 N–H and O–H groups in total. The molecule has 1 aliphatic rings. The lowest BCUT2D eigenvalue weighted by atomic mass is 9.91. The van der Waals surface area contributed by atoms with Gasteiger partial charge in [-0.1, -0.05) is 163 Å². The summed E-state index contributed by atoms with van der Waals surface area (Å²) in [5.74, 6) is 3.74. The molecule has 182 valence electrons. The summed E-state index contributed by atoms with van der Waals surface area (Å²) in [5.41, 5.74) is 0. The summed E-state index contributed by atoms with van der Waals surface area (Å²) in [7, 11) is 0. The zero-order valence-corrected chi connectivity index (χ0v) is 22.0. The molecule has 0 bridgehead atoms. The average Bonchev–Trinajstić information content (AvgIpc) is 2.72. The molecule has 0 radical (unpaired) electrons. The standard InChI is InChI=1S/C7H14.C7H16.C6H14.3C2H6.2CH4/c1-7-5-3-2-4-6-7;1-5-7(4)6(2)3;1-4-6(3)5-2;3*1-2;;/h7H,2-6H2,1H3;6-7H,5H2,1-4H3;6H,4-5H2,1-3H3;3*1-2H3;2*1H4. The Morgan fingerprint density at radius 2 is 0.929 bits per heavy atom. The molecule has 1 saturated carbocycles. The van der Waals surface area contributed by atoms with Crippen LogP contribution >= 0.6 is 0 Å². The van der Waals surface area contributed by atoms with Crippen LogP contribution in [0, 0.1) is 23.7 Å². The Morgan fingerprint density at radius 1 is 0.607 bits per heavy atom. The Morgan fingerprint density at radius 3 is 1.00 bits per heavy atom. The van der Waals surface area contributed by atoms with Crippen LogP contribution in [0.1, 0.15) is 163 Å². The maximum absolute atomic E-state index is 2.36. The monoisotopic (exact) mass is 407 g/mol. The fourth-order valence-corrected chi connectivity index (χ4v) is 2.07. The van der Waals surface area contributed by atoms with E-state index in [2.05, 4.69) is 55.4 Å². The third-order valence-corrected chi connectivity index (χ3v) is 5.07. The zero-order valence-electron chi connectivity index (χ0n) is 22.0. The second kappa shape index (κ2) is 45.6. The topological polar surface area (TPSA) is 0 Å². The van der Waals surface area contributed by atoms with E-state index < -0.39 is 0 Å². The minimum Gasteiger partial charge on any atom is -0.0776 e. The van der Waals surface area contributed by atoms with Gasteiger partial charge in [0.1, 0.15) is 0 Å². The van der Waals surface area contributed by atoms with Crippen molar-refractivity contribution in [2.24, 2.45) is 23.7 Å². The van der Waals surface area contributed by atoms with E-state index in [1.54, 1.807) is 0 Å². The largest absolute Gasteiger partial charge is 0.0776 e. The van der Waals surface area contributed by atoms with Crippen molar-refractivity contribution >= 4 is 0 Å². The molecule has 0 amide bonds. The van der Waals surface area contributed by atoms with Crippen LogP contribution in [0.5, 0.6) is 0 Å². The number of hydrogen-bond donors (Lipinski definition) is 0. The van der Waals surface area contributed by atoms with Gasteiger partial charge in [-0.05, 0) is 23.7 Å². The minimum absolute atomic E-state index is 0. The Balaban J connectivity index is -0.0000000404. The molecule has 1 fully saturated rings. The van der Waals surface area contributed by atoms with Crippen LogP contribution in [0.15, 0.2) is 0 Å². The molecular formula is C28H70. The van der Waals surface area contributed by atoms with Gasteiger partial charge < -0.3 is 0 Å². The number of rotatable bonds is 4. The van der Waals surface area contributed by atoms with Crippen LogP contribution < -0.4 is 0 Å². The third-order valence-electron chi connectivity index (χ3n) is 5.07. The highest BCUT2D eigenvalue weighted by molar-refractivity contribution is 4.59. The van der Waals surface area contributed by atoms with Crippen molar-refractivity contribution in [3.8, 4) is 0 Å². The molecule has 1 aliphatic carbocycles. The normalized spacial score (nSPS) is 12.9. The molecule has 0 heterocycles. The van der Waals surface area contributed by atoms with E-state index in [0.717, 1.165) is 23.7 Å². The van der Waals surface area contributed by atoms with E-state index >= 15 is 0 Å². The highest BCUT2D eigenvalue weighted by Gasteiger charge is 2.06.